The molecule has 0 bridgehead atoms. The van der Waals surface area contributed by atoms with Gasteiger partial charge in [0.1, 0.15) is 5.75 Å². The van der Waals surface area contributed by atoms with Crippen LogP contribution in [-0.2, 0) is 0 Å². The topological polar surface area (TPSA) is 41.6 Å². The smallest absolute Gasteiger partial charge is 0.254 e. The zero-order valence-electron chi connectivity index (χ0n) is 13.8. The molecule has 1 heterocycles. The second-order valence-corrected chi connectivity index (χ2v) is 6.46. The summed E-state index contributed by atoms with van der Waals surface area (Å²) in [4.78, 5) is 14.7. The first kappa shape index (κ1) is 18.1. The Bertz CT molecular complexity index is 517. The molecule has 1 aromatic carbocycles. The SMILES string of the molecule is C[C@@H]1CNCCN1C(=O)c1cccc(OC2CCCCC2)c1.Cl. The molecule has 1 aliphatic heterocycles. The molecular weight excluding hydrogens is 312 g/mol. The van der Waals surface area contributed by atoms with E-state index in [4.69, 9.17) is 4.74 Å². The van der Waals surface area contributed by atoms with Crippen LogP contribution in [-0.4, -0.2) is 42.6 Å². The fourth-order valence-electron chi connectivity index (χ4n) is 3.39. The van der Waals surface area contributed by atoms with Crippen LogP contribution in [0.1, 0.15) is 49.4 Å². The molecule has 128 valence electrons. The standard InChI is InChI=1S/C18H26N2O2.ClH/c1-14-13-19-10-11-20(14)18(21)15-6-5-9-17(12-15)22-16-7-3-2-4-8-16;/h5-6,9,12,14,16,19H,2-4,7-8,10-11,13H2,1H3;1H/t14-;/m1./s1. The summed E-state index contributed by atoms with van der Waals surface area (Å²) in [6.07, 6.45) is 6.40. The van der Waals surface area contributed by atoms with Gasteiger partial charge in [-0.25, -0.2) is 0 Å². The highest BCUT2D eigenvalue weighted by Gasteiger charge is 2.24. The zero-order chi connectivity index (χ0) is 15.4. The van der Waals surface area contributed by atoms with Gasteiger partial charge in [0, 0.05) is 31.2 Å². The van der Waals surface area contributed by atoms with E-state index in [2.05, 4.69) is 12.2 Å². The lowest BCUT2D eigenvalue weighted by molar-refractivity contribution is 0.0654. The van der Waals surface area contributed by atoms with Gasteiger partial charge in [-0.05, 0) is 50.8 Å². The molecular formula is C18H27ClN2O2. The third-order valence-electron chi connectivity index (χ3n) is 4.70. The molecule has 1 saturated carbocycles. The van der Waals surface area contributed by atoms with E-state index >= 15 is 0 Å². The normalized spacial score (nSPS) is 22.3. The summed E-state index contributed by atoms with van der Waals surface area (Å²) in [5.74, 6) is 0.948. The molecule has 1 N–H and O–H groups in total. The van der Waals surface area contributed by atoms with E-state index in [1.165, 1.54) is 19.3 Å². The number of hydrogen-bond acceptors (Lipinski definition) is 3. The number of rotatable bonds is 3. The van der Waals surface area contributed by atoms with Crippen LogP contribution in [0.5, 0.6) is 5.75 Å². The Balaban J connectivity index is 0.00000192. The van der Waals surface area contributed by atoms with Crippen molar-refractivity contribution in [3.63, 3.8) is 0 Å². The second kappa shape index (κ2) is 8.55. The third-order valence-corrected chi connectivity index (χ3v) is 4.70. The van der Waals surface area contributed by atoms with E-state index in [1.54, 1.807) is 0 Å². The van der Waals surface area contributed by atoms with Gasteiger partial charge < -0.3 is 15.0 Å². The largest absolute Gasteiger partial charge is 0.490 e. The van der Waals surface area contributed by atoms with Crippen LogP contribution in [0.15, 0.2) is 24.3 Å². The van der Waals surface area contributed by atoms with Crippen molar-refractivity contribution in [3.05, 3.63) is 29.8 Å². The molecule has 5 heteroatoms. The fraction of sp³-hybridized carbons (Fsp3) is 0.611. The van der Waals surface area contributed by atoms with E-state index in [-0.39, 0.29) is 24.4 Å². The molecule has 2 fully saturated rings. The molecule has 3 rings (SSSR count). The van der Waals surface area contributed by atoms with Crippen LogP contribution < -0.4 is 10.1 Å². The molecule has 1 aromatic rings. The summed E-state index contributed by atoms with van der Waals surface area (Å²) >= 11 is 0. The van der Waals surface area contributed by atoms with Gasteiger partial charge >= 0.3 is 0 Å². The minimum atomic E-state index is 0. The Morgan fingerprint density at radius 3 is 2.78 bits per heavy atom. The average molecular weight is 339 g/mol. The third kappa shape index (κ3) is 4.61. The lowest BCUT2D eigenvalue weighted by Gasteiger charge is -2.34. The summed E-state index contributed by atoms with van der Waals surface area (Å²) in [7, 11) is 0. The Morgan fingerprint density at radius 2 is 2.04 bits per heavy atom. The van der Waals surface area contributed by atoms with Gasteiger partial charge in [0.05, 0.1) is 6.10 Å². The summed E-state index contributed by atoms with van der Waals surface area (Å²) in [5, 5.41) is 3.32. The van der Waals surface area contributed by atoms with Gasteiger partial charge in [-0.3, -0.25) is 4.79 Å². The maximum Gasteiger partial charge on any atom is 0.254 e. The highest BCUT2D eigenvalue weighted by Crippen LogP contribution is 2.24. The number of amides is 1. The van der Waals surface area contributed by atoms with Gasteiger partial charge in [0.2, 0.25) is 0 Å². The second-order valence-electron chi connectivity index (χ2n) is 6.46. The van der Waals surface area contributed by atoms with Gasteiger partial charge in [-0.1, -0.05) is 12.5 Å². The molecule has 1 aliphatic carbocycles. The fourth-order valence-corrected chi connectivity index (χ4v) is 3.39. The summed E-state index contributed by atoms with van der Waals surface area (Å²) in [6.45, 7) is 4.60. The van der Waals surface area contributed by atoms with E-state index < -0.39 is 0 Å². The number of nitrogens with zero attached hydrogens (tertiary/aromatic N) is 1. The number of carbonyl (C=O) groups is 1. The van der Waals surface area contributed by atoms with Gasteiger partial charge in [0.15, 0.2) is 0 Å². The van der Waals surface area contributed by atoms with Crippen LogP contribution >= 0.6 is 12.4 Å². The highest BCUT2D eigenvalue weighted by atomic mass is 35.5. The minimum absolute atomic E-state index is 0. The predicted octanol–water partition coefficient (Wildman–Crippen LogP) is 3.25. The molecule has 2 aliphatic rings. The van der Waals surface area contributed by atoms with Crippen molar-refractivity contribution in [2.45, 2.75) is 51.2 Å². The van der Waals surface area contributed by atoms with Crippen molar-refractivity contribution in [2.75, 3.05) is 19.6 Å². The minimum Gasteiger partial charge on any atom is -0.490 e. The Kier molecular flexibility index (Phi) is 6.72. The van der Waals surface area contributed by atoms with Gasteiger partial charge in [0.25, 0.3) is 5.91 Å². The Labute approximate surface area is 145 Å². The zero-order valence-corrected chi connectivity index (χ0v) is 14.6. The van der Waals surface area contributed by atoms with Gasteiger partial charge in [-0.2, -0.15) is 0 Å². The number of benzene rings is 1. The van der Waals surface area contributed by atoms with Crippen LogP contribution in [0.2, 0.25) is 0 Å². The van der Waals surface area contributed by atoms with E-state index in [9.17, 15) is 4.79 Å². The van der Waals surface area contributed by atoms with Crippen LogP contribution in [0, 0.1) is 0 Å². The molecule has 1 saturated heterocycles. The molecule has 0 spiro atoms. The number of nitrogens with one attached hydrogen (secondary N) is 1. The number of carbonyl (C=O) groups excluding carboxylic acids is 1. The van der Waals surface area contributed by atoms with Crippen LogP contribution in [0.4, 0.5) is 0 Å². The molecule has 0 aromatic heterocycles. The van der Waals surface area contributed by atoms with Crippen molar-refractivity contribution in [1.29, 1.82) is 0 Å². The van der Waals surface area contributed by atoms with Crippen molar-refractivity contribution < 1.29 is 9.53 Å². The first-order chi connectivity index (χ1) is 10.7. The number of hydrogen-bond donors (Lipinski definition) is 1. The highest BCUT2D eigenvalue weighted by molar-refractivity contribution is 5.94. The lowest BCUT2D eigenvalue weighted by Crippen LogP contribution is -2.52. The first-order valence-electron chi connectivity index (χ1n) is 8.52. The molecule has 1 amide bonds. The Hall–Kier alpha value is -1.26. The number of ether oxygens (including phenoxy) is 1. The molecule has 0 unspecified atom stereocenters. The summed E-state index contributed by atoms with van der Waals surface area (Å²) in [5.41, 5.74) is 0.738. The molecule has 1 atom stereocenters. The summed E-state index contributed by atoms with van der Waals surface area (Å²) in [6, 6.07) is 7.94. The quantitative estimate of drug-likeness (QED) is 0.919. The molecule has 23 heavy (non-hydrogen) atoms. The molecule has 4 nitrogen and oxygen atoms in total. The van der Waals surface area contributed by atoms with E-state index in [0.29, 0.717) is 6.10 Å². The predicted molar refractivity (Wildman–Crippen MR) is 94.6 cm³/mol. The maximum atomic E-state index is 12.7. The van der Waals surface area contributed by atoms with Crippen molar-refractivity contribution in [3.8, 4) is 5.75 Å². The monoisotopic (exact) mass is 338 g/mol. The van der Waals surface area contributed by atoms with E-state index in [1.807, 2.05) is 29.2 Å². The lowest BCUT2D eigenvalue weighted by atomic mass is 9.98. The maximum absolute atomic E-state index is 12.7. The summed E-state index contributed by atoms with van der Waals surface area (Å²) < 4.78 is 6.08. The number of piperazine rings is 1. The van der Waals surface area contributed by atoms with Gasteiger partial charge in [-0.15, -0.1) is 12.4 Å². The first-order valence-corrected chi connectivity index (χ1v) is 8.52. The molecule has 0 radical (unpaired) electrons. The van der Waals surface area contributed by atoms with Crippen molar-refractivity contribution in [1.82, 2.24) is 10.2 Å². The van der Waals surface area contributed by atoms with Crippen molar-refractivity contribution in [2.24, 2.45) is 0 Å². The Morgan fingerprint density at radius 1 is 1.26 bits per heavy atom. The average Bonchev–Trinajstić information content (AvgIpc) is 2.56. The van der Waals surface area contributed by atoms with Crippen molar-refractivity contribution >= 4 is 18.3 Å². The number of halogens is 1. The van der Waals surface area contributed by atoms with Crippen LogP contribution in [0.25, 0.3) is 0 Å². The van der Waals surface area contributed by atoms with Crippen LogP contribution in [0.3, 0.4) is 0 Å². The van der Waals surface area contributed by atoms with E-state index in [0.717, 1.165) is 43.8 Å².